The third-order valence-electron chi connectivity index (χ3n) is 5.66. The van der Waals surface area contributed by atoms with Crippen molar-refractivity contribution in [2.24, 2.45) is 5.73 Å². The third-order valence-corrected chi connectivity index (χ3v) is 5.66. The predicted octanol–water partition coefficient (Wildman–Crippen LogP) is 2.36. The van der Waals surface area contributed by atoms with E-state index in [2.05, 4.69) is 10.2 Å². The Kier molecular flexibility index (Phi) is 4.87. The number of benzene rings is 1. The molecule has 140 valence electrons. The van der Waals surface area contributed by atoms with Gasteiger partial charge in [0, 0.05) is 48.5 Å². The molecule has 0 radical (unpaired) electrons. The van der Waals surface area contributed by atoms with Crippen molar-refractivity contribution < 1.29 is 10.2 Å². The molecule has 26 heavy (non-hydrogen) atoms. The average molecular weight is 356 g/mol. The van der Waals surface area contributed by atoms with E-state index in [0.29, 0.717) is 12.6 Å². The fraction of sp³-hybridized carbons (Fsp3) is 0.550. The summed E-state index contributed by atoms with van der Waals surface area (Å²) < 4.78 is 0. The molecule has 6 nitrogen and oxygen atoms in total. The fourth-order valence-corrected chi connectivity index (χ4v) is 4.38. The van der Waals surface area contributed by atoms with Crippen LogP contribution in [-0.4, -0.2) is 52.3 Å². The lowest BCUT2D eigenvalue weighted by Crippen LogP contribution is -2.38. The molecule has 0 bridgehead atoms. The summed E-state index contributed by atoms with van der Waals surface area (Å²) >= 11 is 0. The fourth-order valence-electron chi connectivity index (χ4n) is 4.38. The average Bonchev–Trinajstić information content (AvgIpc) is 2.97. The maximum atomic E-state index is 10.0. The van der Waals surface area contributed by atoms with Crippen LogP contribution in [0.15, 0.2) is 12.1 Å². The maximum absolute atomic E-state index is 10.0. The second kappa shape index (κ2) is 7.29. The highest BCUT2D eigenvalue weighted by Crippen LogP contribution is 2.39. The lowest BCUT2D eigenvalue weighted by atomic mass is 10.0. The van der Waals surface area contributed by atoms with E-state index in [4.69, 9.17) is 10.7 Å². The molecular formula is C20H28N4O2. The molecular weight excluding hydrogens is 328 g/mol. The number of phenols is 2. The summed E-state index contributed by atoms with van der Waals surface area (Å²) in [5, 5.41) is 24.6. The number of aromatic nitrogens is 1. The minimum atomic E-state index is -0.113. The summed E-state index contributed by atoms with van der Waals surface area (Å²) in [7, 11) is 0. The van der Waals surface area contributed by atoms with Crippen molar-refractivity contribution in [2.75, 3.05) is 31.5 Å². The predicted molar refractivity (Wildman–Crippen MR) is 104 cm³/mol. The molecule has 1 saturated heterocycles. The van der Waals surface area contributed by atoms with Gasteiger partial charge in [0.05, 0.1) is 5.52 Å². The van der Waals surface area contributed by atoms with Gasteiger partial charge in [-0.25, -0.2) is 0 Å². The Morgan fingerprint density at radius 2 is 2.00 bits per heavy atom. The van der Waals surface area contributed by atoms with Gasteiger partial charge in [0.15, 0.2) is 11.5 Å². The number of aromatic hydroxyl groups is 2. The van der Waals surface area contributed by atoms with Gasteiger partial charge < -0.3 is 26.2 Å². The van der Waals surface area contributed by atoms with E-state index in [1.165, 1.54) is 18.4 Å². The van der Waals surface area contributed by atoms with Crippen LogP contribution in [-0.2, 0) is 12.8 Å². The monoisotopic (exact) mass is 356 g/mol. The first-order valence-electron chi connectivity index (χ1n) is 9.72. The van der Waals surface area contributed by atoms with Crippen molar-refractivity contribution in [1.82, 2.24) is 9.88 Å². The van der Waals surface area contributed by atoms with Crippen LogP contribution in [0.5, 0.6) is 11.5 Å². The number of pyridine rings is 1. The van der Waals surface area contributed by atoms with Crippen LogP contribution in [0.3, 0.4) is 0 Å². The van der Waals surface area contributed by atoms with Crippen molar-refractivity contribution in [3.63, 3.8) is 0 Å². The second-order valence-corrected chi connectivity index (χ2v) is 7.55. The van der Waals surface area contributed by atoms with Crippen LogP contribution in [0, 0.1) is 0 Å². The molecule has 2 aromatic rings. The highest BCUT2D eigenvalue weighted by Gasteiger charge is 2.24. The van der Waals surface area contributed by atoms with Gasteiger partial charge >= 0.3 is 0 Å². The summed E-state index contributed by atoms with van der Waals surface area (Å²) in [6, 6.07) is 3.57. The molecule has 0 saturated carbocycles. The molecule has 1 fully saturated rings. The van der Waals surface area contributed by atoms with Gasteiger partial charge in [-0.2, -0.15) is 0 Å². The van der Waals surface area contributed by atoms with E-state index >= 15 is 0 Å². The first-order chi connectivity index (χ1) is 12.7. The lowest BCUT2D eigenvalue weighted by Gasteiger charge is -2.26. The number of aryl methyl sites for hydroxylation is 1. The van der Waals surface area contributed by atoms with Crippen LogP contribution in [0.2, 0.25) is 0 Å². The zero-order valence-electron chi connectivity index (χ0n) is 15.2. The number of nitrogens with two attached hydrogens (primary N) is 1. The number of nitrogens with zero attached hydrogens (tertiary/aromatic N) is 2. The molecule has 6 heteroatoms. The van der Waals surface area contributed by atoms with Gasteiger partial charge in [-0.3, -0.25) is 4.98 Å². The minimum Gasteiger partial charge on any atom is -0.504 e. The summed E-state index contributed by atoms with van der Waals surface area (Å²) in [5.41, 5.74) is 10.0. The lowest BCUT2D eigenvalue weighted by molar-refractivity contribution is 0.285. The summed E-state index contributed by atoms with van der Waals surface area (Å²) in [6.45, 7) is 3.72. The molecule has 2 aliphatic rings. The Labute approximate surface area is 154 Å². The van der Waals surface area contributed by atoms with Gasteiger partial charge in [0.25, 0.3) is 0 Å². The Balaban J connectivity index is 1.72. The molecule has 0 unspecified atom stereocenters. The van der Waals surface area contributed by atoms with E-state index in [9.17, 15) is 10.2 Å². The number of hydrogen-bond acceptors (Lipinski definition) is 6. The number of anilines is 1. The quantitative estimate of drug-likeness (QED) is 0.628. The number of rotatable bonds is 4. The molecule has 1 atom stereocenters. The van der Waals surface area contributed by atoms with Gasteiger partial charge in [-0.1, -0.05) is 6.42 Å². The molecule has 5 N–H and O–H groups in total. The van der Waals surface area contributed by atoms with Gasteiger partial charge in [0.2, 0.25) is 0 Å². The van der Waals surface area contributed by atoms with Gasteiger partial charge in [0.1, 0.15) is 0 Å². The van der Waals surface area contributed by atoms with Crippen LogP contribution < -0.4 is 11.1 Å². The molecule has 0 spiro atoms. The standard InChI is InChI=1S/C20H28N4O2/c21-7-9-24-8-2-1-4-13(12-24)22-20-14-5-3-6-16(14)23-17-11-19(26)18(25)10-15(17)20/h10-11,13,25-26H,1-9,12,21H2,(H,22,23)/t13-/m1/s1. The molecule has 1 aliphatic carbocycles. The van der Waals surface area contributed by atoms with Crippen LogP contribution >= 0.6 is 0 Å². The normalized spacial score (nSPS) is 20.9. The van der Waals surface area contributed by atoms with E-state index in [-0.39, 0.29) is 11.5 Å². The second-order valence-electron chi connectivity index (χ2n) is 7.55. The zero-order valence-corrected chi connectivity index (χ0v) is 15.2. The van der Waals surface area contributed by atoms with Gasteiger partial charge in [-0.15, -0.1) is 0 Å². The molecule has 0 amide bonds. The molecule has 1 aliphatic heterocycles. The topological polar surface area (TPSA) is 94.6 Å². The van der Waals surface area contributed by atoms with E-state index in [1.54, 1.807) is 12.1 Å². The van der Waals surface area contributed by atoms with E-state index in [1.807, 2.05) is 0 Å². The first-order valence-corrected chi connectivity index (χ1v) is 9.72. The van der Waals surface area contributed by atoms with Crippen molar-refractivity contribution in [3.8, 4) is 11.5 Å². The SMILES string of the molecule is NCCN1CCCC[C@@H](Nc2c3c(nc4cc(O)c(O)cc24)CCC3)C1. The number of fused-ring (bicyclic) bond motifs is 2. The molecule has 1 aromatic carbocycles. The first kappa shape index (κ1) is 17.4. The highest BCUT2D eigenvalue weighted by atomic mass is 16.3. The maximum Gasteiger partial charge on any atom is 0.159 e. The highest BCUT2D eigenvalue weighted by molar-refractivity contribution is 5.96. The smallest absolute Gasteiger partial charge is 0.159 e. The van der Waals surface area contributed by atoms with Crippen LogP contribution in [0.1, 0.15) is 36.9 Å². The van der Waals surface area contributed by atoms with Crippen molar-refractivity contribution >= 4 is 16.6 Å². The Morgan fingerprint density at radius 1 is 1.15 bits per heavy atom. The zero-order chi connectivity index (χ0) is 18.1. The van der Waals surface area contributed by atoms with Crippen molar-refractivity contribution in [3.05, 3.63) is 23.4 Å². The number of hydrogen-bond donors (Lipinski definition) is 4. The van der Waals surface area contributed by atoms with Gasteiger partial charge in [-0.05, 0) is 50.3 Å². The third kappa shape index (κ3) is 3.31. The number of nitrogens with one attached hydrogen (secondary N) is 1. The largest absolute Gasteiger partial charge is 0.504 e. The summed E-state index contributed by atoms with van der Waals surface area (Å²) in [5.74, 6) is -0.205. The van der Waals surface area contributed by atoms with Crippen LogP contribution in [0.25, 0.3) is 10.9 Å². The van der Waals surface area contributed by atoms with Crippen molar-refractivity contribution in [1.29, 1.82) is 0 Å². The van der Waals surface area contributed by atoms with E-state index in [0.717, 1.165) is 67.6 Å². The van der Waals surface area contributed by atoms with Crippen molar-refractivity contribution in [2.45, 2.75) is 44.6 Å². The summed E-state index contributed by atoms with van der Waals surface area (Å²) in [4.78, 5) is 7.18. The Bertz CT molecular complexity index is 808. The minimum absolute atomic E-state index is 0.0917. The van der Waals surface area contributed by atoms with E-state index < -0.39 is 0 Å². The molecule has 1 aromatic heterocycles. The molecule has 2 heterocycles. The number of likely N-dealkylation sites (tertiary alicyclic amines) is 1. The van der Waals surface area contributed by atoms with Crippen LogP contribution in [0.4, 0.5) is 5.69 Å². The summed E-state index contributed by atoms with van der Waals surface area (Å²) in [6.07, 6.45) is 6.64. The number of phenolic OH excluding ortho intramolecular Hbond substituents is 2. The molecule has 4 rings (SSSR count). The Hall–Kier alpha value is -2.05. The Morgan fingerprint density at radius 3 is 2.85 bits per heavy atom.